The second kappa shape index (κ2) is 7.38. The first kappa shape index (κ1) is 19.2. The normalized spacial score (nSPS) is 20.2. The van der Waals surface area contributed by atoms with Crippen LogP contribution in [0, 0.1) is 5.82 Å². The van der Waals surface area contributed by atoms with Gasteiger partial charge < -0.3 is 29.4 Å². The van der Waals surface area contributed by atoms with E-state index in [4.69, 9.17) is 18.9 Å². The van der Waals surface area contributed by atoms with Gasteiger partial charge in [0.1, 0.15) is 18.2 Å². The lowest BCUT2D eigenvalue weighted by atomic mass is 9.86. The lowest BCUT2D eigenvalue weighted by Crippen LogP contribution is -2.38. The minimum atomic E-state index is -1.58. The molecule has 0 aliphatic carbocycles. The summed E-state index contributed by atoms with van der Waals surface area (Å²) < 4.78 is 36.1. The Hall–Kier alpha value is -3.10. The van der Waals surface area contributed by atoms with E-state index in [2.05, 4.69) is 11.9 Å². The van der Waals surface area contributed by atoms with Crippen LogP contribution in [0.4, 0.5) is 10.1 Å². The molecule has 8 heteroatoms. The molecule has 152 valence electrons. The summed E-state index contributed by atoms with van der Waals surface area (Å²) in [5.41, 5.74) is -0.463. The second-order valence-electron chi connectivity index (χ2n) is 6.72. The molecule has 0 fully saturated rings. The predicted molar refractivity (Wildman–Crippen MR) is 102 cm³/mol. The molecule has 2 aromatic carbocycles. The monoisotopic (exact) mass is 401 g/mol. The Kier molecular flexibility index (Phi) is 4.89. The average molecular weight is 401 g/mol. The van der Waals surface area contributed by atoms with Gasteiger partial charge in [0.2, 0.25) is 12.4 Å². The SMILES string of the molecule is C=CC[C@@H](O)COc1cc2c(cc1C1(OC)C(=O)Nc3cc(F)ccc31)OCO2. The van der Waals surface area contributed by atoms with Crippen LogP contribution in [-0.4, -0.2) is 37.6 Å². The summed E-state index contributed by atoms with van der Waals surface area (Å²) in [6.07, 6.45) is 1.15. The minimum Gasteiger partial charge on any atom is -0.490 e. The number of fused-ring (bicyclic) bond motifs is 2. The van der Waals surface area contributed by atoms with Crippen molar-refractivity contribution in [2.45, 2.75) is 18.1 Å². The van der Waals surface area contributed by atoms with Crippen LogP contribution in [0.5, 0.6) is 17.2 Å². The highest BCUT2D eigenvalue weighted by atomic mass is 19.1. The number of amides is 1. The van der Waals surface area contributed by atoms with E-state index in [1.165, 1.54) is 25.3 Å². The summed E-state index contributed by atoms with van der Waals surface area (Å²) in [5.74, 6) is 0.192. The number of hydrogen-bond acceptors (Lipinski definition) is 6. The molecule has 1 unspecified atom stereocenters. The molecule has 2 aromatic rings. The van der Waals surface area contributed by atoms with Crippen molar-refractivity contribution in [2.24, 2.45) is 0 Å². The molecule has 0 bridgehead atoms. The summed E-state index contributed by atoms with van der Waals surface area (Å²) in [5, 5.41) is 12.7. The highest BCUT2D eigenvalue weighted by Gasteiger charge is 2.51. The van der Waals surface area contributed by atoms with Crippen LogP contribution in [0.25, 0.3) is 0 Å². The Morgan fingerprint density at radius 2 is 2.07 bits per heavy atom. The molecule has 0 saturated heterocycles. The van der Waals surface area contributed by atoms with Crippen LogP contribution in [0.1, 0.15) is 17.5 Å². The molecule has 2 heterocycles. The van der Waals surface area contributed by atoms with Crippen LogP contribution in [0.15, 0.2) is 43.0 Å². The Balaban J connectivity index is 1.84. The number of nitrogens with one attached hydrogen (secondary N) is 1. The minimum absolute atomic E-state index is 0.0314. The van der Waals surface area contributed by atoms with Gasteiger partial charge in [0.25, 0.3) is 5.91 Å². The largest absolute Gasteiger partial charge is 0.490 e. The first-order chi connectivity index (χ1) is 14.0. The van der Waals surface area contributed by atoms with Gasteiger partial charge in [-0.3, -0.25) is 4.79 Å². The Labute approximate surface area is 166 Å². The van der Waals surface area contributed by atoms with E-state index in [1.54, 1.807) is 18.2 Å². The number of carbonyl (C=O) groups is 1. The standard InChI is InChI=1S/C21H20FNO6/c1-3-4-13(24)10-27-17-9-19-18(28-11-29-19)8-15(17)21(26-2)14-6-5-12(22)7-16(14)23-20(21)25/h3,5-9,13,24H,1,4,10-11H2,2H3,(H,23,25)/t13-,21?/m1/s1. The molecular weight excluding hydrogens is 381 g/mol. The lowest BCUT2D eigenvalue weighted by Gasteiger charge is -2.29. The quantitative estimate of drug-likeness (QED) is 0.694. The van der Waals surface area contributed by atoms with E-state index in [1.807, 2.05) is 0 Å². The van der Waals surface area contributed by atoms with Crippen molar-refractivity contribution >= 4 is 11.6 Å². The molecule has 0 saturated carbocycles. The summed E-state index contributed by atoms with van der Waals surface area (Å²) in [4.78, 5) is 13.0. The van der Waals surface area contributed by atoms with Crippen molar-refractivity contribution in [1.29, 1.82) is 0 Å². The van der Waals surface area contributed by atoms with E-state index < -0.39 is 23.4 Å². The van der Waals surface area contributed by atoms with Crippen molar-refractivity contribution in [3.63, 3.8) is 0 Å². The molecule has 0 radical (unpaired) electrons. The molecule has 0 aromatic heterocycles. The van der Waals surface area contributed by atoms with Crippen LogP contribution in [0.2, 0.25) is 0 Å². The molecule has 2 atom stereocenters. The van der Waals surface area contributed by atoms with Crippen molar-refractivity contribution < 1.29 is 33.2 Å². The molecule has 2 aliphatic heterocycles. The van der Waals surface area contributed by atoms with E-state index >= 15 is 0 Å². The number of rotatable bonds is 7. The lowest BCUT2D eigenvalue weighted by molar-refractivity contribution is -0.132. The molecular formula is C21H20FNO6. The van der Waals surface area contributed by atoms with Gasteiger partial charge in [-0.1, -0.05) is 12.1 Å². The summed E-state index contributed by atoms with van der Waals surface area (Å²) in [7, 11) is 1.39. The smallest absolute Gasteiger partial charge is 0.266 e. The third-order valence-corrected chi connectivity index (χ3v) is 4.96. The highest BCUT2D eigenvalue weighted by Crippen LogP contribution is 2.50. The zero-order chi connectivity index (χ0) is 20.6. The van der Waals surface area contributed by atoms with Crippen LogP contribution < -0.4 is 19.5 Å². The fourth-order valence-electron chi connectivity index (χ4n) is 3.60. The zero-order valence-corrected chi connectivity index (χ0v) is 15.7. The Bertz CT molecular complexity index is 978. The van der Waals surface area contributed by atoms with Crippen LogP contribution in [0.3, 0.4) is 0 Å². The molecule has 2 aliphatic rings. The Morgan fingerprint density at radius 3 is 2.79 bits per heavy atom. The van der Waals surface area contributed by atoms with Gasteiger partial charge in [-0.2, -0.15) is 0 Å². The number of hydrogen-bond donors (Lipinski definition) is 2. The number of carbonyl (C=O) groups excluding carboxylic acids is 1. The molecule has 7 nitrogen and oxygen atoms in total. The van der Waals surface area contributed by atoms with Crippen molar-refractivity contribution in [3.05, 3.63) is 59.9 Å². The number of anilines is 1. The molecule has 4 rings (SSSR count). The molecule has 2 N–H and O–H groups in total. The number of aliphatic hydroxyl groups excluding tert-OH is 1. The van der Waals surface area contributed by atoms with Crippen molar-refractivity contribution in [1.82, 2.24) is 0 Å². The maximum absolute atomic E-state index is 13.7. The van der Waals surface area contributed by atoms with Gasteiger partial charge >= 0.3 is 0 Å². The van der Waals surface area contributed by atoms with E-state index in [0.29, 0.717) is 34.7 Å². The first-order valence-electron chi connectivity index (χ1n) is 9.02. The number of benzene rings is 2. The fraction of sp³-hybridized carbons (Fsp3) is 0.286. The van der Waals surface area contributed by atoms with Gasteiger partial charge in [0.05, 0.1) is 11.8 Å². The maximum atomic E-state index is 13.7. The summed E-state index contributed by atoms with van der Waals surface area (Å²) in [6, 6.07) is 7.18. The average Bonchev–Trinajstić information content (AvgIpc) is 3.26. The van der Waals surface area contributed by atoms with Crippen LogP contribution in [-0.2, 0) is 15.1 Å². The highest BCUT2D eigenvalue weighted by molar-refractivity contribution is 6.08. The summed E-state index contributed by atoms with van der Waals surface area (Å²) >= 11 is 0. The van der Waals surface area contributed by atoms with Crippen LogP contribution >= 0.6 is 0 Å². The number of ether oxygens (including phenoxy) is 4. The van der Waals surface area contributed by atoms with Gasteiger partial charge in [0.15, 0.2) is 11.5 Å². The molecule has 1 amide bonds. The summed E-state index contributed by atoms with van der Waals surface area (Å²) in [6.45, 7) is 3.60. The topological polar surface area (TPSA) is 86.2 Å². The Morgan fingerprint density at radius 1 is 1.31 bits per heavy atom. The number of halogens is 1. The third kappa shape index (κ3) is 3.10. The number of methoxy groups -OCH3 is 1. The van der Waals surface area contributed by atoms with Gasteiger partial charge in [0, 0.05) is 24.3 Å². The van der Waals surface area contributed by atoms with Gasteiger partial charge in [-0.15, -0.1) is 6.58 Å². The van der Waals surface area contributed by atoms with Crippen molar-refractivity contribution in [2.75, 3.05) is 25.8 Å². The second-order valence-corrected chi connectivity index (χ2v) is 6.72. The maximum Gasteiger partial charge on any atom is 0.266 e. The van der Waals surface area contributed by atoms with E-state index in [9.17, 15) is 14.3 Å². The predicted octanol–water partition coefficient (Wildman–Crippen LogP) is 2.71. The third-order valence-electron chi connectivity index (χ3n) is 4.96. The fourth-order valence-corrected chi connectivity index (χ4v) is 3.60. The van der Waals surface area contributed by atoms with E-state index in [0.717, 1.165) is 0 Å². The van der Waals surface area contributed by atoms with E-state index in [-0.39, 0.29) is 19.1 Å². The molecule has 29 heavy (non-hydrogen) atoms. The molecule has 0 spiro atoms. The van der Waals surface area contributed by atoms with Gasteiger partial charge in [-0.25, -0.2) is 4.39 Å². The van der Waals surface area contributed by atoms with Gasteiger partial charge in [-0.05, 0) is 24.6 Å². The zero-order valence-electron chi connectivity index (χ0n) is 15.7. The first-order valence-corrected chi connectivity index (χ1v) is 9.02. The van der Waals surface area contributed by atoms with Crippen molar-refractivity contribution in [3.8, 4) is 17.2 Å². The number of aliphatic hydroxyl groups is 1.